The van der Waals surface area contributed by atoms with Gasteiger partial charge in [-0.1, -0.05) is 0 Å². The van der Waals surface area contributed by atoms with Crippen LogP contribution >= 0.6 is 23.3 Å². The lowest BCUT2D eigenvalue weighted by molar-refractivity contribution is -0.0494. The number of halogens is 3. The molecule has 1 aromatic heterocycles. The molecule has 2 aromatic carbocycles. The second kappa shape index (κ2) is 8.31. The number of aromatic nitrogens is 1. The highest BCUT2D eigenvalue weighted by atomic mass is 32.2. The molecular weight excluding hydrogens is 401 g/mol. The number of benzene rings is 2. The number of aromatic carboxylic acids is 1. The van der Waals surface area contributed by atoms with Gasteiger partial charge in [0, 0.05) is 5.56 Å². The highest BCUT2D eigenvalue weighted by Gasteiger charge is 2.14. The molecule has 0 amide bonds. The maximum Gasteiger partial charge on any atom is 0.387 e. The summed E-state index contributed by atoms with van der Waals surface area (Å²) >= 11 is 2.43. The SMILES string of the molecule is O=C(O)c1ccc(NSc2cnc(-c3ccc(F)cc3)s2)c(OC(F)F)c1. The van der Waals surface area contributed by atoms with Crippen molar-refractivity contribution in [2.45, 2.75) is 10.8 Å². The molecule has 0 spiro atoms. The molecule has 27 heavy (non-hydrogen) atoms. The van der Waals surface area contributed by atoms with E-state index in [4.69, 9.17) is 5.11 Å². The Morgan fingerprint density at radius 1 is 1.22 bits per heavy atom. The summed E-state index contributed by atoms with van der Waals surface area (Å²) in [7, 11) is 0. The fraction of sp³-hybridized carbons (Fsp3) is 0.0588. The number of carboxylic acids is 1. The van der Waals surface area contributed by atoms with E-state index >= 15 is 0 Å². The van der Waals surface area contributed by atoms with Gasteiger partial charge in [0.15, 0.2) is 5.75 Å². The molecule has 0 radical (unpaired) electrons. The second-order valence-corrected chi connectivity index (χ2v) is 7.23. The van der Waals surface area contributed by atoms with Gasteiger partial charge in [0.1, 0.15) is 15.0 Å². The number of hydrogen-bond donors (Lipinski definition) is 2. The summed E-state index contributed by atoms with van der Waals surface area (Å²) in [6.45, 7) is -3.09. The van der Waals surface area contributed by atoms with Crippen LogP contribution in [0.2, 0.25) is 0 Å². The van der Waals surface area contributed by atoms with Gasteiger partial charge in [-0.2, -0.15) is 8.78 Å². The lowest BCUT2D eigenvalue weighted by atomic mass is 10.2. The van der Waals surface area contributed by atoms with E-state index in [0.717, 1.165) is 27.8 Å². The topological polar surface area (TPSA) is 71.5 Å². The third kappa shape index (κ3) is 4.92. The van der Waals surface area contributed by atoms with Crippen LogP contribution in [0.1, 0.15) is 10.4 Å². The smallest absolute Gasteiger partial charge is 0.387 e. The van der Waals surface area contributed by atoms with Gasteiger partial charge in [0.05, 0.1) is 17.4 Å². The average Bonchev–Trinajstić information content (AvgIpc) is 3.09. The fourth-order valence-corrected chi connectivity index (χ4v) is 3.74. The number of carboxylic acid groups (broad SMARTS) is 1. The van der Waals surface area contributed by atoms with Crippen LogP contribution in [0.15, 0.2) is 52.9 Å². The second-order valence-electron chi connectivity index (χ2n) is 5.09. The lowest BCUT2D eigenvalue weighted by Gasteiger charge is -2.12. The van der Waals surface area contributed by atoms with Crippen molar-refractivity contribution in [1.82, 2.24) is 4.98 Å². The quantitative estimate of drug-likeness (QED) is 0.509. The van der Waals surface area contributed by atoms with Gasteiger partial charge in [0.25, 0.3) is 0 Å². The number of nitrogens with one attached hydrogen (secondary N) is 1. The van der Waals surface area contributed by atoms with E-state index in [1.54, 1.807) is 18.3 Å². The van der Waals surface area contributed by atoms with Crippen molar-refractivity contribution in [2.75, 3.05) is 4.72 Å². The maximum absolute atomic E-state index is 13.0. The summed E-state index contributed by atoms with van der Waals surface area (Å²) in [5.74, 6) is -1.87. The van der Waals surface area contributed by atoms with Gasteiger partial charge in [-0.3, -0.25) is 0 Å². The highest BCUT2D eigenvalue weighted by Crippen LogP contribution is 2.35. The fourth-order valence-electron chi connectivity index (χ4n) is 2.07. The minimum atomic E-state index is -3.09. The molecule has 1 heterocycles. The molecule has 0 saturated carbocycles. The molecule has 0 aliphatic rings. The summed E-state index contributed by atoms with van der Waals surface area (Å²) in [5, 5.41) is 9.64. The molecule has 2 N–H and O–H groups in total. The molecule has 3 rings (SSSR count). The van der Waals surface area contributed by atoms with Crippen molar-refractivity contribution in [1.29, 1.82) is 0 Å². The molecule has 0 bridgehead atoms. The summed E-state index contributed by atoms with van der Waals surface area (Å²) < 4.78 is 46.1. The zero-order valence-corrected chi connectivity index (χ0v) is 15.0. The van der Waals surface area contributed by atoms with Crippen LogP contribution in [0.3, 0.4) is 0 Å². The molecule has 10 heteroatoms. The van der Waals surface area contributed by atoms with Gasteiger partial charge in [-0.05, 0) is 54.4 Å². The predicted octanol–water partition coefficient (Wildman–Crippen LogP) is 5.37. The van der Waals surface area contributed by atoms with Crippen LogP contribution < -0.4 is 9.46 Å². The number of alkyl halides is 2. The first-order chi connectivity index (χ1) is 12.9. The number of ether oxygens (including phenoxy) is 1. The van der Waals surface area contributed by atoms with E-state index in [0.29, 0.717) is 5.01 Å². The third-order valence-electron chi connectivity index (χ3n) is 3.28. The molecule has 0 aliphatic carbocycles. The third-order valence-corrected chi connectivity index (χ3v) is 5.25. The largest absolute Gasteiger partial charge is 0.478 e. The van der Waals surface area contributed by atoms with E-state index in [9.17, 15) is 18.0 Å². The van der Waals surface area contributed by atoms with E-state index in [1.165, 1.54) is 35.6 Å². The van der Waals surface area contributed by atoms with Gasteiger partial charge in [-0.15, -0.1) is 11.3 Å². The van der Waals surface area contributed by atoms with Gasteiger partial charge >= 0.3 is 12.6 Å². The summed E-state index contributed by atoms with van der Waals surface area (Å²) in [6.07, 6.45) is 1.58. The first-order valence-corrected chi connectivity index (χ1v) is 9.02. The Labute approximate surface area is 160 Å². The van der Waals surface area contributed by atoms with Crippen LogP contribution in [0.5, 0.6) is 5.75 Å². The van der Waals surface area contributed by atoms with Crippen LogP contribution in [-0.4, -0.2) is 22.7 Å². The monoisotopic (exact) mass is 412 g/mol. The van der Waals surface area contributed by atoms with Crippen molar-refractivity contribution in [2.24, 2.45) is 0 Å². The van der Waals surface area contributed by atoms with Crippen molar-refractivity contribution < 1.29 is 27.8 Å². The summed E-state index contributed by atoms with van der Waals surface area (Å²) in [5.41, 5.74) is 0.778. The summed E-state index contributed by atoms with van der Waals surface area (Å²) in [6, 6.07) is 9.52. The van der Waals surface area contributed by atoms with Gasteiger partial charge in [0.2, 0.25) is 0 Å². The standard InChI is InChI=1S/C17H11F3N2O3S2/c18-11-4-1-9(2-5-11)15-21-8-14(26-15)27-22-12-6-3-10(16(23)24)7-13(12)25-17(19)20/h1-8,17,22H,(H,23,24). The van der Waals surface area contributed by atoms with Crippen molar-refractivity contribution in [3.05, 3.63) is 60.0 Å². The average molecular weight is 412 g/mol. The first kappa shape index (κ1) is 19.1. The Kier molecular flexibility index (Phi) is 5.87. The number of hydrogen-bond acceptors (Lipinski definition) is 6. The summed E-state index contributed by atoms with van der Waals surface area (Å²) in [4.78, 5) is 15.2. The molecule has 0 saturated heterocycles. The molecule has 0 unspecified atom stereocenters. The number of nitrogens with zero attached hydrogens (tertiary/aromatic N) is 1. The zero-order chi connectivity index (χ0) is 19.4. The van der Waals surface area contributed by atoms with Gasteiger partial charge < -0.3 is 14.6 Å². The number of thiazole rings is 1. The molecule has 0 aliphatic heterocycles. The normalized spacial score (nSPS) is 10.8. The van der Waals surface area contributed by atoms with Gasteiger partial charge in [-0.25, -0.2) is 14.2 Å². The highest BCUT2D eigenvalue weighted by molar-refractivity contribution is 8.02. The van der Waals surface area contributed by atoms with E-state index in [-0.39, 0.29) is 22.8 Å². The Morgan fingerprint density at radius 2 is 1.96 bits per heavy atom. The molecular formula is C17H11F3N2O3S2. The Bertz CT molecular complexity index is 949. The Morgan fingerprint density at radius 3 is 2.63 bits per heavy atom. The van der Waals surface area contributed by atoms with Crippen molar-refractivity contribution in [3.63, 3.8) is 0 Å². The van der Waals surface area contributed by atoms with Crippen molar-refractivity contribution in [3.8, 4) is 16.3 Å². The number of carbonyl (C=O) groups is 1. The van der Waals surface area contributed by atoms with E-state index in [2.05, 4.69) is 14.4 Å². The molecule has 5 nitrogen and oxygen atoms in total. The first-order valence-electron chi connectivity index (χ1n) is 7.39. The Hall–Kier alpha value is -2.72. The maximum atomic E-state index is 13.0. The van der Waals surface area contributed by atoms with E-state index < -0.39 is 12.6 Å². The van der Waals surface area contributed by atoms with Crippen LogP contribution in [0.4, 0.5) is 18.9 Å². The molecule has 0 fully saturated rings. The van der Waals surface area contributed by atoms with E-state index in [1.807, 2.05) is 0 Å². The molecule has 3 aromatic rings. The minimum Gasteiger partial charge on any atom is -0.478 e. The Balaban J connectivity index is 1.74. The van der Waals surface area contributed by atoms with Crippen LogP contribution in [0, 0.1) is 5.82 Å². The predicted molar refractivity (Wildman–Crippen MR) is 97.0 cm³/mol. The zero-order valence-electron chi connectivity index (χ0n) is 13.4. The van der Waals surface area contributed by atoms with Crippen LogP contribution in [0.25, 0.3) is 10.6 Å². The minimum absolute atomic E-state index is 0.169. The number of rotatable bonds is 7. The van der Waals surface area contributed by atoms with Crippen molar-refractivity contribution >= 4 is 34.9 Å². The molecule has 0 atom stereocenters. The lowest BCUT2D eigenvalue weighted by Crippen LogP contribution is -2.06. The number of anilines is 1. The van der Waals surface area contributed by atoms with Crippen LogP contribution in [-0.2, 0) is 0 Å². The molecule has 140 valence electrons.